The molecule has 1 aliphatic rings. The zero-order valence-electron chi connectivity index (χ0n) is 16.6. The van der Waals surface area contributed by atoms with E-state index in [1.54, 1.807) is 0 Å². The smallest absolute Gasteiger partial charge is 0.252 e. The molecule has 0 radical (unpaired) electrons. The summed E-state index contributed by atoms with van der Waals surface area (Å²) >= 11 is 6.33. The maximum absolute atomic E-state index is 13.3. The minimum atomic E-state index is -0.216. The molecule has 152 valence electrons. The van der Waals surface area contributed by atoms with E-state index >= 15 is 0 Å². The Kier molecular flexibility index (Phi) is 6.05. The Bertz CT molecular complexity index is 1080. The first-order chi connectivity index (χ1) is 14.6. The summed E-state index contributed by atoms with van der Waals surface area (Å²) in [7, 11) is 0. The zero-order valence-corrected chi connectivity index (χ0v) is 17.4. The number of carbonyl (C=O) groups is 1. The number of rotatable bonds is 5. The van der Waals surface area contributed by atoms with Crippen molar-refractivity contribution in [2.24, 2.45) is 0 Å². The Balaban J connectivity index is 1.61. The average Bonchev–Trinajstić information content (AvgIpc) is 2.78. The molecule has 1 amide bonds. The maximum Gasteiger partial charge on any atom is 0.252 e. The van der Waals surface area contributed by atoms with E-state index in [0.29, 0.717) is 29.6 Å². The molecule has 30 heavy (non-hydrogen) atoms. The number of fused-ring (bicyclic) bond motifs is 1. The second-order valence-corrected chi connectivity index (χ2v) is 7.45. The van der Waals surface area contributed by atoms with E-state index in [0.717, 1.165) is 22.4 Å². The molecule has 0 bridgehead atoms. The predicted octanol–water partition coefficient (Wildman–Crippen LogP) is 5.53. The van der Waals surface area contributed by atoms with Crippen LogP contribution >= 0.6 is 11.6 Å². The van der Waals surface area contributed by atoms with E-state index in [1.165, 1.54) is 0 Å². The van der Waals surface area contributed by atoms with E-state index < -0.39 is 0 Å². The van der Waals surface area contributed by atoms with Gasteiger partial charge >= 0.3 is 0 Å². The van der Waals surface area contributed by atoms with Crippen LogP contribution < -0.4 is 14.8 Å². The van der Waals surface area contributed by atoms with Gasteiger partial charge in [0, 0.05) is 10.6 Å². The molecule has 1 N–H and O–H groups in total. The average molecular weight is 420 g/mol. The van der Waals surface area contributed by atoms with Crippen molar-refractivity contribution in [3.63, 3.8) is 0 Å². The molecule has 5 heteroatoms. The zero-order chi connectivity index (χ0) is 20.9. The summed E-state index contributed by atoms with van der Waals surface area (Å²) in [4.78, 5) is 13.3. The topological polar surface area (TPSA) is 47.6 Å². The van der Waals surface area contributed by atoms with Crippen LogP contribution in [-0.4, -0.2) is 19.1 Å². The maximum atomic E-state index is 13.3. The summed E-state index contributed by atoms with van der Waals surface area (Å²) in [6, 6.07) is 22.6. The van der Waals surface area contributed by atoms with Crippen LogP contribution in [0.15, 0.2) is 72.8 Å². The van der Waals surface area contributed by atoms with E-state index in [4.69, 9.17) is 21.1 Å². The Labute approximate surface area is 181 Å². The molecule has 0 fully saturated rings. The van der Waals surface area contributed by atoms with Gasteiger partial charge in [-0.15, -0.1) is 0 Å². The SMILES string of the molecule is CC(NC(=O)/C(=C/c1ccccc1Cl)c1ccccc1)c1ccc2c(c1)OCCO2. The fourth-order valence-electron chi connectivity index (χ4n) is 3.33. The second kappa shape index (κ2) is 9.06. The highest BCUT2D eigenvalue weighted by molar-refractivity contribution is 6.33. The molecule has 4 rings (SSSR count). The van der Waals surface area contributed by atoms with Crippen molar-refractivity contribution in [1.82, 2.24) is 5.32 Å². The molecule has 4 nitrogen and oxygen atoms in total. The number of amides is 1. The predicted molar refractivity (Wildman–Crippen MR) is 120 cm³/mol. The third-order valence-corrected chi connectivity index (χ3v) is 5.29. The highest BCUT2D eigenvalue weighted by atomic mass is 35.5. The third kappa shape index (κ3) is 4.50. The van der Waals surface area contributed by atoms with Gasteiger partial charge in [-0.1, -0.05) is 66.2 Å². The normalized spacial score (nSPS) is 14.1. The minimum absolute atomic E-state index is 0.177. The largest absolute Gasteiger partial charge is 0.486 e. The molecule has 3 aromatic rings. The van der Waals surface area contributed by atoms with Crippen LogP contribution in [0.5, 0.6) is 11.5 Å². The van der Waals surface area contributed by atoms with Gasteiger partial charge in [0.1, 0.15) is 13.2 Å². The van der Waals surface area contributed by atoms with Crippen LogP contribution in [0.4, 0.5) is 0 Å². The molecule has 1 atom stereocenters. The number of hydrogen-bond donors (Lipinski definition) is 1. The first kappa shape index (κ1) is 20.0. The van der Waals surface area contributed by atoms with Gasteiger partial charge in [0.05, 0.1) is 6.04 Å². The third-order valence-electron chi connectivity index (χ3n) is 4.95. The van der Waals surface area contributed by atoms with Crippen molar-refractivity contribution in [3.8, 4) is 11.5 Å². The Morgan fingerprint density at radius 2 is 1.67 bits per heavy atom. The van der Waals surface area contributed by atoms with Crippen LogP contribution in [0.25, 0.3) is 11.6 Å². The van der Waals surface area contributed by atoms with Crippen molar-refractivity contribution in [2.75, 3.05) is 13.2 Å². The molecule has 0 spiro atoms. The molecular formula is C25H22ClNO3. The molecule has 1 heterocycles. The van der Waals surface area contributed by atoms with E-state index in [-0.39, 0.29) is 11.9 Å². The summed E-state index contributed by atoms with van der Waals surface area (Å²) in [5.41, 5.74) is 3.11. The quantitative estimate of drug-likeness (QED) is 0.437. The van der Waals surface area contributed by atoms with Crippen LogP contribution in [0, 0.1) is 0 Å². The summed E-state index contributed by atoms with van der Waals surface area (Å²) in [6.07, 6.45) is 1.82. The lowest BCUT2D eigenvalue weighted by molar-refractivity contribution is -0.116. The number of carbonyl (C=O) groups excluding carboxylic acids is 1. The number of benzene rings is 3. The lowest BCUT2D eigenvalue weighted by Crippen LogP contribution is -2.27. The van der Waals surface area contributed by atoms with Crippen LogP contribution in [0.1, 0.15) is 29.7 Å². The van der Waals surface area contributed by atoms with Crippen molar-refractivity contribution in [3.05, 3.63) is 94.5 Å². The lowest BCUT2D eigenvalue weighted by atomic mass is 10.0. The van der Waals surface area contributed by atoms with Gasteiger partial charge < -0.3 is 14.8 Å². The summed E-state index contributed by atoms with van der Waals surface area (Å²) in [6.45, 7) is 3.02. The number of hydrogen-bond acceptors (Lipinski definition) is 3. The Hall–Kier alpha value is -3.24. The van der Waals surface area contributed by atoms with Crippen LogP contribution in [0.2, 0.25) is 5.02 Å². The van der Waals surface area contributed by atoms with Gasteiger partial charge in [-0.2, -0.15) is 0 Å². The first-order valence-corrected chi connectivity index (χ1v) is 10.2. The second-order valence-electron chi connectivity index (χ2n) is 7.04. The monoisotopic (exact) mass is 419 g/mol. The molecule has 0 aromatic heterocycles. The number of nitrogens with one attached hydrogen (secondary N) is 1. The standard InChI is InChI=1S/C25H22ClNO3/c1-17(19-11-12-23-24(16-19)30-14-13-29-23)27-25(28)21(18-7-3-2-4-8-18)15-20-9-5-6-10-22(20)26/h2-12,15-17H,13-14H2,1H3,(H,27,28)/b21-15+. The summed E-state index contributed by atoms with van der Waals surface area (Å²) in [5, 5.41) is 3.69. The number of halogens is 1. The Morgan fingerprint density at radius 1 is 0.967 bits per heavy atom. The van der Waals surface area contributed by atoms with E-state index in [1.807, 2.05) is 85.8 Å². The fraction of sp³-hybridized carbons (Fsp3) is 0.160. The first-order valence-electron chi connectivity index (χ1n) is 9.84. The van der Waals surface area contributed by atoms with Crippen molar-refractivity contribution < 1.29 is 14.3 Å². The fourth-order valence-corrected chi connectivity index (χ4v) is 3.52. The summed E-state index contributed by atoms with van der Waals surface area (Å²) < 4.78 is 11.2. The van der Waals surface area contributed by atoms with Crippen molar-refractivity contribution >= 4 is 29.2 Å². The highest BCUT2D eigenvalue weighted by Gasteiger charge is 2.19. The highest BCUT2D eigenvalue weighted by Crippen LogP contribution is 2.33. The van der Waals surface area contributed by atoms with Gasteiger partial charge in [-0.3, -0.25) is 4.79 Å². The molecule has 1 unspecified atom stereocenters. The Morgan fingerprint density at radius 3 is 2.43 bits per heavy atom. The van der Waals surface area contributed by atoms with E-state index in [9.17, 15) is 4.79 Å². The molecule has 3 aromatic carbocycles. The van der Waals surface area contributed by atoms with Gasteiger partial charge in [-0.05, 0) is 47.9 Å². The minimum Gasteiger partial charge on any atom is -0.486 e. The van der Waals surface area contributed by atoms with Gasteiger partial charge in [0.2, 0.25) is 0 Å². The van der Waals surface area contributed by atoms with E-state index in [2.05, 4.69) is 5.32 Å². The number of ether oxygens (including phenoxy) is 2. The molecular weight excluding hydrogens is 398 g/mol. The molecule has 0 aliphatic carbocycles. The summed E-state index contributed by atoms with van der Waals surface area (Å²) in [5.74, 6) is 1.25. The van der Waals surface area contributed by atoms with Gasteiger partial charge in [0.15, 0.2) is 11.5 Å². The molecule has 0 saturated heterocycles. The van der Waals surface area contributed by atoms with Crippen LogP contribution in [0.3, 0.4) is 0 Å². The molecule has 0 saturated carbocycles. The van der Waals surface area contributed by atoms with Crippen LogP contribution in [-0.2, 0) is 4.79 Å². The molecule has 1 aliphatic heterocycles. The van der Waals surface area contributed by atoms with Gasteiger partial charge in [0.25, 0.3) is 5.91 Å². The van der Waals surface area contributed by atoms with Crippen molar-refractivity contribution in [1.29, 1.82) is 0 Å². The van der Waals surface area contributed by atoms with Crippen molar-refractivity contribution in [2.45, 2.75) is 13.0 Å². The lowest BCUT2D eigenvalue weighted by Gasteiger charge is -2.21. The van der Waals surface area contributed by atoms with Gasteiger partial charge in [-0.25, -0.2) is 0 Å².